The second-order valence-corrected chi connectivity index (χ2v) is 5.49. The van der Waals surface area contributed by atoms with Crippen LogP contribution < -0.4 is 11.1 Å². The third kappa shape index (κ3) is 2.51. The van der Waals surface area contributed by atoms with Crippen molar-refractivity contribution in [2.75, 3.05) is 19.6 Å². The van der Waals surface area contributed by atoms with E-state index in [4.69, 9.17) is 5.73 Å². The first kappa shape index (κ1) is 13.3. The van der Waals surface area contributed by atoms with Crippen LogP contribution in [0.15, 0.2) is 0 Å². The van der Waals surface area contributed by atoms with Crippen LogP contribution in [0.5, 0.6) is 0 Å². The van der Waals surface area contributed by atoms with Crippen LogP contribution in [0.2, 0.25) is 0 Å². The van der Waals surface area contributed by atoms with Gasteiger partial charge in [-0.15, -0.1) is 0 Å². The number of rotatable bonds is 3. The van der Waals surface area contributed by atoms with E-state index < -0.39 is 5.54 Å². The summed E-state index contributed by atoms with van der Waals surface area (Å²) >= 11 is 0. The number of hydrogen-bond acceptors (Lipinski definition) is 3. The lowest BCUT2D eigenvalue weighted by molar-refractivity contribution is -0.136. The Morgan fingerprint density at radius 2 is 2.06 bits per heavy atom. The summed E-state index contributed by atoms with van der Waals surface area (Å²) in [6.07, 6.45) is 4.40. The van der Waals surface area contributed by atoms with Crippen molar-refractivity contribution in [3.05, 3.63) is 0 Å². The molecule has 1 atom stereocenters. The van der Waals surface area contributed by atoms with Gasteiger partial charge in [0.1, 0.15) is 0 Å². The molecule has 2 aliphatic rings. The maximum Gasteiger partial charge on any atom is 0.242 e. The highest BCUT2D eigenvalue weighted by Crippen LogP contribution is 2.30. The van der Waals surface area contributed by atoms with E-state index in [0.29, 0.717) is 19.6 Å². The molecule has 5 nitrogen and oxygen atoms in total. The predicted octanol–water partition coefficient (Wildman–Crippen LogP) is 0.243. The van der Waals surface area contributed by atoms with E-state index in [1.165, 1.54) is 0 Å². The van der Waals surface area contributed by atoms with Gasteiger partial charge in [-0.25, -0.2) is 0 Å². The van der Waals surface area contributed by atoms with Crippen molar-refractivity contribution in [3.63, 3.8) is 0 Å². The molecule has 102 valence electrons. The first-order valence-electron chi connectivity index (χ1n) is 6.93. The van der Waals surface area contributed by atoms with Crippen LogP contribution in [0.1, 0.15) is 39.0 Å². The van der Waals surface area contributed by atoms with Crippen molar-refractivity contribution in [3.8, 4) is 0 Å². The molecule has 2 amide bonds. The summed E-state index contributed by atoms with van der Waals surface area (Å²) in [6, 6.07) is 0. The minimum atomic E-state index is -0.657. The van der Waals surface area contributed by atoms with Crippen molar-refractivity contribution in [1.82, 2.24) is 10.2 Å². The van der Waals surface area contributed by atoms with Gasteiger partial charge >= 0.3 is 0 Å². The van der Waals surface area contributed by atoms with Crippen molar-refractivity contribution in [2.24, 2.45) is 11.7 Å². The average molecular weight is 253 g/mol. The van der Waals surface area contributed by atoms with E-state index in [9.17, 15) is 9.59 Å². The quantitative estimate of drug-likeness (QED) is 0.756. The van der Waals surface area contributed by atoms with E-state index in [-0.39, 0.29) is 17.7 Å². The highest BCUT2D eigenvalue weighted by atomic mass is 16.2. The third-order valence-corrected chi connectivity index (χ3v) is 4.12. The molecular formula is C13H23N3O2. The molecule has 1 saturated carbocycles. The molecule has 0 aromatic carbocycles. The van der Waals surface area contributed by atoms with Gasteiger partial charge in [-0.2, -0.15) is 0 Å². The topological polar surface area (TPSA) is 75.4 Å². The van der Waals surface area contributed by atoms with Gasteiger partial charge in [0.2, 0.25) is 11.8 Å². The molecular weight excluding hydrogens is 230 g/mol. The number of nitrogens with zero attached hydrogens (tertiary/aromatic N) is 1. The molecule has 18 heavy (non-hydrogen) atoms. The largest absolute Gasteiger partial charge is 0.356 e. The summed E-state index contributed by atoms with van der Waals surface area (Å²) in [4.78, 5) is 25.9. The summed E-state index contributed by atoms with van der Waals surface area (Å²) < 4.78 is 0. The maximum absolute atomic E-state index is 12.4. The maximum atomic E-state index is 12.4. The fourth-order valence-electron chi connectivity index (χ4n) is 3.01. The zero-order valence-corrected chi connectivity index (χ0v) is 11.1. The lowest BCUT2D eigenvalue weighted by atomic mass is 9.97. The molecule has 1 saturated heterocycles. The molecule has 2 fully saturated rings. The molecule has 1 aliphatic carbocycles. The number of likely N-dealkylation sites (tertiary alicyclic amines) is 1. The predicted molar refractivity (Wildman–Crippen MR) is 68.8 cm³/mol. The minimum absolute atomic E-state index is 0.0480. The highest BCUT2D eigenvalue weighted by molar-refractivity contribution is 5.88. The molecule has 1 aliphatic heterocycles. The fraction of sp³-hybridized carbons (Fsp3) is 0.846. The summed E-state index contributed by atoms with van der Waals surface area (Å²) in [5.74, 6) is 0.0518. The lowest BCUT2D eigenvalue weighted by Crippen LogP contribution is -2.53. The number of nitrogens with one attached hydrogen (secondary N) is 1. The molecule has 2 rings (SSSR count). The number of carbonyl (C=O) groups excluding carboxylic acids is 2. The van der Waals surface area contributed by atoms with E-state index in [2.05, 4.69) is 5.32 Å². The summed E-state index contributed by atoms with van der Waals surface area (Å²) in [7, 11) is 0. The van der Waals surface area contributed by atoms with E-state index >= 15 is 0 Å². The summed E-state index contributed by atoms with van der Waals surface area (Å²) in [6.45, 7) is 3.75. The van der Waals surface area contributed by atoms with E-state index in [1.807, 2.05) is 6.92 Å². The second kappa shape index (κ2) is 5.26. The van der Waals surface area contributed by atoms with Crippen LogP contribution in [-0.2, 0) is 9.59 Å². The lowest BCUT2D eigenvalue weighted by Gasteiger charge is -2.28. The Balaban J connectivity index is 1.92. The molecule has 0 radical (unpaired) electrons. The Kier molecular flexibility index (Phi) is 3.90. The normalized spacial score (nSPS) is 26.3. The molecule has 0 aromatic heterocycles. The van der Waals surface area contributed by atoms with Gasteiger partial charge in [0, 0.05) is 19.6 Å². The van der Waals surface area contributed by atoms with Crippen molar-refractivity contribution < 1.29 is 9.59 Å². The molecule has 1 heterocycles. The number of amides is 2. The van der Waals surface area contributed by atoms with Gasteiger partial charge in [0.25, 0.3) is 0 Å². The standard InChI is InChI=1S/C13H23N3O2/c1-2-15-11(17)10-5-8-16(9-10)12(18)13(14)6-3-4-7-13/h10H,2-9,14H2,1H3,(H,15,17). The number of nitrogens with two attached hydrogens (primary N) is 1. The van der Waals surface area contributed by atoms with Crippen LogP contribution in [0.3, 0.4) is 0 Å². The van der Waals surface area contributed by atoms with Gasteiger partial charge in [0.05, 0.1) is 11.5 Å². The van der Waals surface area contributed by atoms with Crippen molar-refractivity contribution in [1.29, 1.82) is 0 Å². The Morgan fingerprint density at radius 1 is 1.39 bits per heavy atom. The average Bonchev–Trinajstić information content (AvgIpc) is 2.98. The first-order valence-corrected chi connectivity index (χ1v) is 6.93. The fourth-order valence-corrected chi connectivity index (χ4v) is 3.01. The zero-order chi connectivity index (χ0) is 13.2. The SMILES string of the molecule is CCNC(=O)C1CCN(C(=O)C2(N)CCCC2)C1. The van der Waals surface area contributed by atoms with Crippen molar-refractivity contribution >= 4 is 11.8 Å². The van der Waals surface area contributed by atoms with Crippen LogP contribution in [0, 0.1) is 5.92 Å². The number of carbonyl (C=O) groups is 2. The second-order valence-electron chi connectivity index (χ2n) is 5.49. The van der Waals surface area contributed by atoms with E-state index in [1.54, 1.807) is 4.90 Å². The van der Waals surface area contributed by atoms with Gasteiger partial charge in [-0.1, -0.05) is 12.8 Å². The molecule has 0 aromatic rings. The highest BCUT2D eigenvalue weighted by Gasteiger charge is 2.42. The van der Waals surface area contributed by atoms with Gasteiger partial charge in [-0.05, 0) is 26.2 Å². The smallest absolute Gasteiger partial charge is 0.242 e. The Hall–Kier alpha value is -1.10. The van der Waals surface area contributed by atoms with Gasteiger partial charge in [-0.3, -0.25) is 9.59 Å². The molecule has 5 heteroatoms. The summed E-state index contributed by atoms with van der Waals surface area (Å²) in [5.41, 5.74) is 5.51. The van der Waals surface area contributed by atoms with Gasteiger partial charge < -0.3 is 16.0 Å². The van der Waals surface area contributed by atoms with Crippen LogP contribution in [-0.4, -0.2) is 41.9 Å². The zero-order valence-electron chi connectivity index (χ0n) is 11.1. The monoisotopic (exact) mass is 253 g/mol. The molecule has 3 N–H and O–H groups in total. The van der Waals surface area contributed by atoms with Crippen LogP contribution >= 0.6 is 0 Å². The Morgan fingerprint density at radius 3 is 2.67 bits per heavy atom. The third-order valence-electron chi connectivity index (χ3n) is 4.12. The molecule has 0 spiro atoms. The molecule has 1 unspecified atom stereocenters. The van der Waals surface area contributed by atoms with Crippen LogP contribution in [0.25, 0.3) is 0 Å². The Bertz CT molecular complexity index is 337. The first-order chi connectivity index (χ1) is 8.57. The minimum Gasteiger partial charge on any atom is -0.356 e. The van der Waals surface area contributed by atoms with E-state index in [0.717, 1.165) is 32.1 Å². The van der Waals surface area contributed by atoms with Crippen molar-refractivity contribution in [2.45, 2.75) is 44.6 Å². The number of hydrogen-bond donors (Lipinski definition) is 2. The summed E-state index contributed by atoms with van der Waals surface area (Å²) in [5, 5.41) is 2.82. The van der Waals surface area contributed by atoms with Gasteiger partial charge in [0.15, 0.2) is 0 Å². The Labute approximate surface area is 108 Å². The van der Waals surface area contributed by atoms with Crippen LogP contribution in [0.4, 0.5) is 0 Å². The molecule has 0 bridgehead atoms.